The Morgan fingerprint density at radius 2 is 1.96 bits per heavy atom. The lowest BCUT2D eigenvalue weighted by Gasteiger charge is -2.35. The predicted octanol–water partition coefficient (Wildman–Crippen LogP) is 2.35. The highest BCUT2D eigenvalue weighted by Crippen LogP contribution is 2.13. The van der Waals surface area contributed by atoms with Crippen molar-refractivity contribution < 1.29 is 9.53 Å². The summed E-state index contributed by atoms with van der Waals surface area (Å²) in [4.78, 5) is 14.6. The van der Waals surface area contributed by atoms with E-state index in [1.165, 1.54) is 0 Å². The van der Waals surface area contributed by atoms with Gasteiger partial charge in [-0.15, -0.1) is 0 Å². The van der Waals surface area contributed by atoms with Gasteiger partial charge in [0.1, 0.15) is 0 Å². The van der Waals surface area contributed by atoms with Crippen molar-refractivity contribution >= 4 is 5.91 Å². The Balaban J connectivity index is 1.77. The SMILES string of the molecule is CC(C)CC(CNC(=O)CCc1ccc(C#N)cc1)N1CCOCC1. The minimum atomic E-state index is 0.0892. The zero-order valence-electron chi connectivity index (χ0n) is 15.3. The first-order valence-electron chi connectivity index (χ1n) is 9.16. The van der Waals surface area contributed by atoms with Gasteiger partial charge >= 0.3 is 0 Å². The number of rotatable bonds is 8. The molecule has 0 spiro atoms. The first-order chi connectivity index (χ1) is 12.1. The molecule has 0 aliphatic carbocycles. The third kappa shape index (κ3) is 6.85. The van der Waals surface area contributed by atoms with Gasteiger partial charge in [0, 0.05) is 32.1 Å². The zero-order valence-corrected chi connectivity index (χ0v) is 15.3. The van der Waals surface area contributed by atoms with E-state index in [9.17, 15) is 4.79 Å². The fraction of sp³-hybridized carbons (Fsp3) is 0.600. The minimum absolute atomic E-state index is 0.0892. The number of carbonyl (C=O) groups excluding carboxylic acids is 1. The van der Waals surface area contributed by atoms with E-state index in [0.717, 1.165) is 38.3 Å². The molecule has 2 rings (SSSR count). The molecule has 0 radical (unpaired) electrons. The first-order valence-corrected chi connectivity index (χ1v) is 9.16. The Kier molecular flexibility index (Phi) is 7.90. The molecule has 0 saturated carbocycles. The summed E-state index contributed by atoms with van der Waals surface area (Å²) in [5, 5.41) is 11.9. The van der Waals surface area contributed by atoms with E-state index in [0.29, 0.717) is 36.9 Å². The van der Waals surface area contributed by atoms with Crippen LogP contribution in [0.4, 0.5) is 0 Å². The lowest BCUT2D eigenvalue weighted by atomic mass is 10.0. The van der Waals surface area contributed by atoms with Crippen LogP contribution in [0.25, 0.3) is 0 Å². The van der Waals surface area contributed by atoms with Crippen molar-refractivity contribution in [2.24, 2.45) is 5.92 Å². The zero-order chi connectivity index (χ0) is 18.1. The molecular formula is C20H29N3O2. The van der Waals surface area contributed by atoms with Gasteiger partial charge in [-0.25, -0.2) is 0 Å². The molecule has 1 aliphatic heterocycles. The van der Waals surface area contributed by atoms with E-state index >= 15 is 0 Å². The van der Waals surface area contributed by atoms with E-state index in [4.69, 9.17) is 10.00 Å². The molecule has 25 heavy (non-hydrogen) atoms. The summed E-state index contributed by atoms with van der Waals surface area (Å²) in [6.45, 7) is 8.59. The Morgan fingerprint density at radius 3 is 2.56 bits per heavy atom. The van der Waals surface area contributed by atoms with Crippen LogP contribution in [0.1, 0.15) is 37.8 Å². The van der Waals surface area contributed by atoms with E-state index in [-0.39, 0.29) is 5.91 Å². The molecule has 1 aromatic rings. The van der Waals surface area contributed by atoms with Crippen LogP contribution in [0, 0.1) is 17.2 Å². The molecule has 5 heteroatoms. The second-order valence-electron chi connectivity index (χ2n) is 7.04. The third-order valence-electron chi connectivity index (χ3n) is 4.56. The summed E-state index contributed by atoms with van der Waals surface area (Å²) < 4.78 is 5.44. The third-order valence-corrected chi connectivity index (χ3v) is 4.56. The molecule has 0 aromatic heterocycles. The summed E-state index contributed by atoms with van der Waals surface area (Å²) in [6, 6.07) is 9.91. The fourth-order valence-electron chi connectivity index (χ4n) is 3.17. The number of nitrogens with one attached hydrogen (secondary N) is 1. The average Bonchev–Trinajstić information content (AvgIpc) is 2.64. The second kappa shape index (κ2) is 10.2. The summed E-state index contributed by atoms with van der Waals surface area (Å²) in [7, 11) is 0. The number of nitrogens with zero attached hydrogens (tertiary/aromatic N) is 2. The highest BCUT2D eigenvalue weighted by Gasteiger charge is 2.22. The number of amides is 1. The smallest absolute Gasteiger partial charge is 0.220 e. The van der Waals surface area contributed by atoms with Crippen LogP contribution in [0.3, 0.4) is 0 Å². The maximum Gasteiger partial charge on any atom is 0.220 e. The number of aryl methyl sites for hydroxylation is 1. The summed E-state index contributed by atoms with van der Waals surface area (Å²) >= 11 is 0. The molecule has 0 bridgehead atoms. The minimum Gasteiger partial charge on any atom is -0.379 e. The number of morpholine rings is 1. The topological polar surface area (TPSA) is 65.4 Å². The van der Waals surface area contributed by atoms with Crippen molar-refractivity contribution in [3.63, 3.8) is 0 Å². The van der Waals surface area contributed by atoms with E-state index in [1.807, 2.05) is 12.1 Å². The highest BCUT2D eigenvalue weighted by atomic mass is 16.5. The molecule has 1 aromatic carbocycles. The van der Waals surface area contributed by atoms with Gasteiger partial charge in [0.15, 0.2) is 0 Å². The number of ether oxygens (including phenoxy) is 1. The Bertz CT molecular complexity index is 572. The lowest BCUT2D eigenvalue weighted by Crippen LogP contribution is -2.49. The quantitative estimate of drug-likeness (QED) is 0.787. The van der Waals surface area contributed by atoms with Gasteiger partial charge < -0.3 is 10.1 Å². The predicted molar refractivity (Wildman–Crippen MR) is 98.1 cm³/mol. The largest absolute Gasteiger partial charge is 0.379 e. The van der Waals surface area contributed by atoms with Crippen molar-refractivity contribution in [1.29, 1.82) is 5.26 Å². The summed E-state index contributed by atoms with van der Waals surface area (Å²) in [5.41, 5.74) is 1.73. The van der Waals surface area contributed by atoms with Gasteiger partial charge in [0.05, 0.1) is 24.8 Å². The lowest BCUT2D eigenvalue weighted by molar-refractivity contribution is -0.121. The summed E-state index contributed by atoms with van der Waals surface area (Å²) in [5.74, 6) is 0.690. The van der Waals surface area contributed by atoms with E-state index in [1.54, 1.807) is 12.1 Å². The molecule has 5 nitrogen and oxygen atoms in total. The van der Waals surface area contributed by atoms with Gasteiger partial charge in [-0.3, -0.25) is 9.69 Å². The van der Waals surface area contributed by atoms with Crippen LogP contribution in [0.15, 0.2) is 24.3 Å². The van der Waals surface area contributed by atoms with Crippen molar-refractivity contribution in [1.82, 2.24) is 10.2 Å². The molecule has 1 heterocycles. The van der Waals surface area contributed by atoms with E-state index in [2.05, 4.69) is 30.1 Å². The Labute approximate surface area is 151 Å². The van der Waals surface area contributed by atoms with Crippen LogP contribution in [-0.4, -0.2) is 49.7 Å². The summed E-state index contributed by atoms with van der Waals surface area (Å²) in [6.07, 6.45) is 2.25. The van der Waals surface area contributed by atoms with Crippen LogP contribution < -0.4 is 5.32 Å². The number of nitriles is 1. The molecule has 1 aliphatic rings. The van der Waals surface area contributed by atoms with Gasteiger partial charge in [0.25, 0.3) is 0 Å². The monoisotopic (exact) mass is 343 g/mol. The molecule has 1 atom stereocenters. The molecule has 1 saturated heterocycles. The Hall–Kier alpha value is -1.90. The number of hydrogen-bond acceptors (Lipinski definition) is 4. The highest BCUT2D eigenvalue weighted by molar-refractivity contribution is 5.76. The Morgan fingerprint density at radius 1 is 1.28 bits per heavy atom. The van der Waals surface area contributed by atoms with Gasteiger partial charge in [-0.1, -0.05) is 26.0 Å². The first kappa shape index (κ1) is 19.4. The fourth-order valence-corrected chi connectivity index (χ4v) is 3.17. The van der Waals surface area contributed by atoms with Crippen molar-refractivity contribution in [2.75, 3.05) is 32.8 Å². The molecule has 1 unspecified atom stereocenters. The average molecular weight is 343 g/mol. The van der Waals surface area contributed by atoms with Gasteiger partial charge in [-0.05, 0) is 36.5 Å². The normalized spacial score (nSPS) is 16.4. The van der Waals surface area contributed by atoms with Gasteiger partial charge in [-0.2, -0.15) is 5.26 Å². The maximum atomic E-state index is 12.2. The van der Waals surface area contributed by atoms with Crippen LogP contribution in [0.5, 0.6) is 0 Å². The number of carbonyl (C=O) groups is 1. The second-order valence-corrected chi connectivity index (χ2v) is 7.04. The molecule has 1 N–H and O–H groups in total. The van der Waals surface area contributed by atoms with Crippen LogP contribution >= 0.6 is 0 Å². The van der Waals surface area contributed by atoms with Crippen LogP contribution in [-0.2, 0) is 16.0 Å². The molecule has 136 valence electrons. The van der Waals surface area contributed by atoms with Gasteiger partial charge in [0.2, 0.25) is 5.91 Å². The molecule has 1 amide bonds. The molecular weight excluding hydrogens is 314 g/mol. The van der Waals surface area contributed by atoms with Crippen LogP contribution in [0.2, 0.25) is 0 Å². The maximum absolute atomic E-state index is 12.2. The van der Waals surface area contributed by atoms with Crippen molar-refractivity contribution in [2.45, 2.75) is 39.2 Å². The molecule has 1 fully saturated rings. The van der Waals surface area contributed by atoms with Crippen molar-refractivity contribution in [3.8, 4) is 6.07 Å². The standard InChI is InChI=1S/C20H29N3O2/c1-16(2)13-19(23-9-11-25-12-10-23)15-22-20(24)8-7-17-3-5-18(14-21)6-4-17/h3-6,16,19H,7-13,15H2,1-2H3,(H,22,24). The van der Waals surface area contributed by atoms with Crippen molar-refractivity contribution in [3.05, 3.63) is 35.4 Å². The number of hydrogen-bond donors (Lipinski definition) is 1. The number of benzene rings is 1. The van der Waals surface area contributed by atoms with E-state index < -0.39 is 0 Å².